The number of aromatic nitrogens is 1. The second-order valence-corrected chi connectivity index (χ2v) is 4.60. The molecule has 1 aromatic heterocycles. The summed E-state index contributed by atoms with van der Waals surface area (Å²) >= 11 is 6.41. The smallest absolute Gasteiger partial charge is 0.307 e. The van der Waals surface area contributed by atoms with Gasteiger partial charge in [0.05, 0.1) is 18.0 Å². The third kappa shape index (κ3) is 3.46. The fourth-order valence-electron chi connectivity index (χ4n) is 1.04. The summed E-state index contributed by atoms with van der Waals surface area (Å²) in [5, 5.41) is 0. The van der Waals surface area contributed by atoms with Gasteiger partial charge in [-0.15, -0.1) is 0 Å². The van der Waals surface area contributed by atoms with E-state index in [0.717, 1.165) is 4.47 Å². The zero-order valence-corrected chi connectivity index (χ0v) is 11.2. The molecule has 0 aliphatic carbocycles. The summed E-state index contributed by atoms with van der Waals surface area (Å²) in [7, 11) is 1.32. The number of aryl methyl sites for hydroxylation is 1. The van der Waals surface area contributed by atoms with Gasteiger partial charge in [-0.2, -0.15) is 0 Å². The van der Waals surface area contributed by atoms with Crippen molar-refractivity contribution in [3.05, 3.63) is 31.6 Å². The van der Waals surface area contributed by atoms with E-state index >= 15 is 0 Å². The Morgan fingerprint density at radius 3 is 2.80 bits per heavy atom. The maximum Gasteiger partial charge on any atom is 0.307 e. The molecule has 1 heterocycles. The molecule has 0 unspecified atom stereocenters. The van der Waals surface area contributed by atoms with Gasteiger partial charge in [-0.05, 0) is 37.9 Å². The van der Waals surface area contributed by atoms with Gasteiger partial charge in [-0.3, -0.25) is 9.59 Å². The summed E-state index contributed by atoms with van der Waals surface area (Å²) in [6, 6.07) is 1.66. The highest BCUT2D eigenvalue weighted by Gasteiger charge is 2.05. The van der Waals surface area contributed by atoms with Crippen molar-refractivity contribution >= 4 is 37.8 Å². The van der Waals surface area contributed by atoms with Crippen LogP contribution in [0.3, 0.4) is 0 Å². The summed E-state index contributed by atoms with van der Waals surface area (Å²) < 4.78 is 7.18. The molecule has 0 spiro atoms. The molecule has 1 aromatic rings. The highest BCUT2D eigenvalue weighted by atomic mass is 79.9. The summed E-state index contributed by atoms with van der Waals surface area (Å²) in [5.41, 5.74) is -0.165. The molecule has 0 amide bonds. The third-order valence-electron chi connectivity index (χ3n) is 1.79. The number of hydrogen-bond donors (Lipinski definition) is 0. The summed E-state index contributed by atoms with van der Waals surface area (Å²) in [4.78, 5) is 22.5. The van der Waals surface area contributed by atoms with Crippen LogP contribution < -0.4 is 5.56 Å². The lowest BCUT2D eigenvalue weighted by atomic mass is 10.4. The van der Waals surface area contributed by atoms with Gasteiger partial charge in [0.15, 0.2) is 0 Å². The Labute approximate surface area is 103 Å². The molecule has 6 heteroatoms. The first-order valence-electron chi connectivity index (χ1n) is 4.17. The highest BCUT2D eigenvalue weighted by molar-refractivity contribution is 9.11. The van der Waals surface area contributed by atoms with Gasteiger partial charge < -0.3 is 9.30 Å². The monoisotopic (exact) mass is 337 g/mol. The van der Waals surface area contributed by atoms with Crippen molar-refractivity contribution < 1.29 is 9.53 Å². The van der Waals surface area contributed by atoms with Crippen LogP contribution in [-0.2, 0) is 16.1 Å². The standard InChI is InChI=1S/C9H9Br2NO3/c1-15-8(13)2-3-12-5-6(10)4-7(11)9(12)14/h4-5H,2-3H2,1H3. The minimum absolute atomic E-state index is 0.165. The zero-order valence-electron chi connectivity index (χ0n) is 8.00. The lowest BCUT2D eigenvalue weighted by Gasteiger charge is -2.05. The SMILES string of the molecule is COC(=O)CCn1cc(Br)cc(Br)c1=O. The Kier molecular flexibility index (Phi) is 4.53. The van der Waals surface area contributed by atoms with Gasteiger partial charge in [0.25, 0.3) is 5.56 Å². The number of rotatable bonds is 3. The second-order valence-electron chi connectivity index (χ2n) is 2.83. The molecule has 1 rings (SSSR count). The van der Waals surface area contributed by atoms with Gasteiger partial charge in [-0.25, -0.2) is 0 Å². The molecular weight excluding hydrogens is 330 g/mol. The maximum absolute atomic E-state index is 11.6. The Bertz CT molecular complexity index is 428. The normalized spacial score (nSPS) is 10.1. The Balaban J connectivity index is 2.86. The van der Waals surface area contributed by atoms with Gasteiger partial charge >= 0.3 is 5.97 Å². The van der Waals surface area contributed by atoms with Crippen LogP contribution in [0, 0.1) is 0 Å². The van der Waals surface area contributed by atoms with Crippen LogP contribution >= 0.6 is 31.9 Å². The number of hydrogen-bond acceptors (Lipinski definition) is 3. The topological polar surface area (TPSA) is 48.3 Å². The fourth-order valence-corrected chi connectivity index (χ4v) is 2.30. The molecule has 4 nitrogen and oxygen atoms in total. The number of esters is 1. The van der Waals surface area contributed by atoms with Crippen molar-refractivity contribution in [1.82, 2.24) is 4.57 Å². The number of methoxy groups -OCH3 is 1. The van der Waals surface area contributed by atoms with E-state index in [1.54, 1.807) is 12.3 Å². The van der Waals surface area contributed by atoms with Crippen molar-refractivity contribution in [1.29, 1.82) is 0 Å². The Morgan fingerprint density at radius 2 is 2.20 bits per heavy atom. The van der Waals surface area contributed by atoms with E-state index in [-0.39, 0.29) is 17.9 Å². The quantitative estimate of drug-likeness (QED) is 0.791. The molecule has 0 radical (unpaired) electrons. The van der Waals surface area contributed by atoms with Crippen molar-refractivity contribution in [2.24, 2.45) is 0 Å². The maximum atomic E-state index is 11.6. The second kappa shape index (κ2) is 5.46. The van der Waals surface area contributed by atoms with Gasteiger partial charge in [0.2, 0.25) is 0 Å². The lowest BCUT2D eigenvalue weighted by Crippen LogP contribution is -2.21. The number of ether oxygens (including phenoxy) is 1. The largest absolute Gasteiger partial charge is 0.469 e. The summed E-state index contributed by atoms with van der Waals surface area (Å²) in [5.74, 6) is -0.335. The van der Waals surface area contributed by atoms with E-state index in [4.69, 9.17) is 0 Å². The number of carbonyl (C=O) groups excluding carboxylic acids is 1. The number of halogens is 2. The van der Waals surface area contributed by atoms with Crippen LogP contribution in [0.2, 0.25) is 0 Å². The summed E-state index contributed by atoms with van der Waals surface area (Å²) in [6.07, 6.45) is 1.81. The highest BCUT2D eigenvalue weighted by Crippen LogP contribution is 2.12. The summed E-state index contributed by atoms with van der Waals surface area (Å²) in [6.45, 7) is 0.309. The predicted octanol–water partition coefficient (Wildman–Crippen LogP) is 1.94. The van der Waals surface area contributed by atoms with Gasteiger partial charge in [0.1, 0.15) is 0 Å². The molecule has 0 atom stereocenters. The molecule has 0 aromatic carbocycles. The molecular formula is C9H9Br2NO3. The fraction of sp³-hybridized carbons (Fsp3) is 0.333. The van der Waals surface area contributed by atoms with Gasteiger partial charge in [0, 0.05) is 17.2 Å². The molecule has 0 saturated heterocycles. The van der Waals surface area contributed by atoms with E-state index < -0.39 is 0 Å². The molecule has 0 bridgehead atoms. The first-order valence-corrected chi connectivity index (χ1v) is 5.75. The molecule has 0 aliphatic rings. The predicted molar refractivity (Wildman–Crippen MR) is 62.7 cm³/mol. The van der Waals surface area contributed by atoms with E-state index in [9.17, 15) is 9.59 Å². The van der Waals surface area contributed by atoms with Gasteiger partial charge in [-0.1, -0.05) is 0 Å². The zero-order chi connectivity index (χ0) is 11.4. The van der Waals surface area contributed by atoms with Crippen LogP contribution in [0.1, 0.15) is 6.42 Å². The number of carbonyl (C=O) groups is 1. The van der Waals surface area contributed by atoms with Crippen LogP contribution in [-0.4, -0.2) is 17.6 Å². The van der Waals surface area contributed by atoms with Crippen LogP contribution in [0.4, 0.5) is 0 Å². The molecule has 0 saturated carbocycles. The van der Waals surface area contributed by atoms with Crippen molar-refractivity contribution in [2.45, 2.75) is 13.0 Å². The van der Waals surface area contributed by atoms with Crippen LogP contribution in [0.25, 0.3) is 0 Å². The van der Waals surface area contributed by atoms with Crippen molar-refractivity contribution in [3.63, 3.8) is 0 Å². The first kappa shape index (κ1) is 12.4. The van der Waals surface area contributed by atoms with Crippen LogP contribution in [0.15, 0.2) is 26.0 Å². The van der Waals surface area contributed by atoms with E-state index in [2.05, 4.69) is 36.6 Å². The minimum Gasteiger partial charge on any atom is -0.469 e. The molecule has 15 heavy (non-hydrogen) atoms. The number of nitrogens with zero attached hydrogens (tertiary/aromatic N) is 1. The van der Waals surface area contributed by atoms with E-state index in [1.165, 1.54) is 11.7 Å². The molecule has 0 N–H and O–H groups in total. The van der Waals surface area contributed by atoms with Crippen molar-refractivity contribution in [3.8, 4) is 0 Å². The molecule has 0 aliphatic heterocycles. The van der Waals surface area contributed by atoms with E-state index in [0.29, 0.717) is 11.0 Å². The first-order chi connectivity index (χ1) is 7.04. The van der Waals surface area contributed by atoms with Crippen molar-refractivity contribution in [2.75, 3.05) is 7.11 Å². The minimum atomic E-state index is -0.335. The average Bonchev–Trinajstić information content (AvgIpc) is 2.20. The number of pyridine rings is 1. The lowest BCUT2D eigenvalue weighted by molar-refractivity contribution is -0.140. The molecule has 0 fully saturated rings. The Hall–Kier alpha value is -0.620. The third-order valence-corrected chi connectivity index (χ3v) is 2.80. The Morgan fingerprint density at radius 1 is 1.53 bits per heavy atom. The average molecular weight is 339 g/mol. The van der Waals surface area contributed by atoms with Crippen LogP contribution in [0.5, 0.6) is 0 Å². The van der Waals surface area contributed by atoms with E-state index in [1.807, 2.05) is 0 Å². The molecule has 82 valence electrons.